The third kappa shape index (κ3) is 2.56. The summed E-state index contributed by atoms with van der Waals surface area (Å²) in [7, 11) is 0. The minimum Gasteiger partial charge on any atom is -0.331 e. The Morgan fingerprint density at radius 3 is 2.86 bits per heavy atom. The van der Waals surface area contributed by atoms with Gasteiger partial charge in [0, 0.05) is 18.9 Å². The first kappa shape index (κ1) is 10.7. The van der Waals surface area contributed by atoms with Gasteiger partial charge in [-0.15, -0.1) is 0 Å². The fraction of sp³-hybridized carbons (Fsp3) is 0.556. The molecule has 5 nitrogen and oxygen atoms in total. The van der Waals surface area contributed by atoms with E-state index in [9.17, 15) is 4.79 Å². The molecule has 0 saturated heterocycles. The van der Waals surface area contributed by atoms with E-state index in [0.29, 0.717) is 12.5 Å². The molecule has 0 aromatic carbocycles. The average molecular weight is 196 g/mol. The number of hydrogen-bond acceptors (Lipinski definition) is 3. The van der Waals surface area contributed by atoms with Crippen molar-refractivity contribution in [2.24, 2.45) is 17.6 Å². The molecule has 0 bridgehead atoms. The van der Waals surface area contributed by atoms with E-state index in [2.05, 4.69) is 15.3 Å². The number of carbonyl (C=O) groups is 1. The van der Waals surface area contributed by atoms with Gasteiger partial charge in [0.15, 0.2) is 0 Å². The zero-order valence-electron chi connectivity index (χ0n) is 8.45. The molecule has 1 heterocycles. The monoisotopic (exact) mass is 196 g/mol. The molecule has 5 heteroatoms. The fourth-order valence-corrected chi connectivity index (χ4v) is 1.22. The van der Waals surface area contributed by atoms with Gasteiger partial charge in [-0.05, 0) is 5.92 Å². The highest BCUT2D eigenvalue weighted by Gasteiger charge is 2.20. The van der Waals surface area contributed by atoms with Crippen LogP contribution in [0.25, 0.3) is 0 Å². The Bertz CT molecular complexity index is 281. The van der Waals surface area contributed by atoms with E-state index < -0.39 is 0 Å². The van der Waals surface area contributed by atoms with Crippen LogP contribution in [0.4, 0.5) is 5.95 Å². The van der Waals surface area contributed by atoms with Gasteiger partial charge in [0.05, 0.1) is 5.92 Å². The minimum atomic E-state index is -0.167. The molecule has 0 spiro atoms. The highest BCUT2D eigenvalue weighted by atomic mass is 16.2. The lowest BCUT2D eigenvalue weighted by molar-refractivity contribution is -0.120. The molecule has 78 valence electrons. The first-order valence-corrected chi connectivity index (χ1v) is 4.65. The average Bonchev–Trinajstić information content (AvgIpc) is 2.57. The summed E-state index contributed by atoms with van der Waals surface area (Å²) < 4.78 is 0. The molecule has 1 atom stereocenters. The van der Waals surface area contributed by atoms with Crippen molar-refractivity contribution in [3.63, 3.8) is 0 Å². The first-order valence-electron chi connectivity index (χ1n) is 4.65. The van der Waals surface area contributed by atoms with Gasteiger partial charge in [0.1, 0.15) is 0 Å². The largest absolute Gasteiger partial charge is 0.331 e. The number of hydrogen-bond donors (Lipinski definition) is 3. The maximum atomic E-state index is 11.6. The molecule has 1 aromatic rings. The van der Waals surface area contributed by atoms with Crippen molar-refractivity contribution in [2.45, 2.75) is 13.8 Å². The van der Waals surface area contributed by atoms with E-state index >= 15 is 0 Å². The van der Waals surface area contributed by atoms with Crippen LogP contribution < -0.4 is 11.1 Å². The Balaban J connectivity index is 2.56. The molecule has 0 aliphatic heterocycles. The summed E-state index contributed by atoms with van der Waals surface area (Å²) in [6.07, 6.45) is 3.24. The van der Waals surface area contributed by atoms with Crippen molar-refractivity contribution in [1.29, 1.82) is 0 Å². The predicted octanol–water partition coefficient (Wildman–Crippen LogP) is 0.579. The highest BCUT2D eigenvalue weighted by molar-refractivity contribution is 5.91. The Morgan fingerprint density at radius 1 is 1.71 bits per heavy atom. The molecular weight excluding hydrogens is 180 g/mol. The van der Waals surface area contributed by atoms with Gasteiger partial charge in [0.2, 0.25) is 11.9 Å². The third-order valence-corrected chi connectivity index (χ3v) is 2.14. The lowest BCUT2D eigenvalue weighted by Crippen LogP contribution is -2.33. The molecule has 0 radical (unpaired) electrons. The second-order valence-electron chi connectivity index (χ2n) is 3.51. The summed E-state index contributed by atoms with van der Waals surface area (Å²) in [5.74, 6) is 0.446. The molecular formula is C9H16N4O. The van der Waals surface area contributed by atoms with Crippen LogP contribution >= 0.6 is 0 Å². The summed E-state index contributed by atoms with van der Waals surface area (Å²) in [6.45, 7) is 4.29. The van der Waals surface area contributed by atoms with Crippen molar-refractivity contribution < 1.29 is 4.79 Å². The number of amides is 1. The lowest BCUT2D eigenvalue weighted by atomic mass is 9.95. The van der Waals surface area contributed by atoms with Crippen molar-refractivity contribution in [2.75, 3.05) is 11.9 Å². The molecule has 1 amide bonds. The van der Waals surface area contributed by atoms with E-state index in [1.165, 1.54) is 0 Å². The number of aromatic nitrogens is 2. The number of carbonyl (C=O) groups excluding carboxylic acids is 1. The number of nitrogens with two attached hydrogens (primary N) is 1. The lowest BCUT2D eigenvalue weighted by Gasteiger charge is -2.16. The number of nitrogens with one attached hydrogen (secondary N) is 2. The number of aromatic amines is 1. The van der Waals surface area contributed by atoms with Gasteiger partial charge in [-0.2, -0.15) is 0 Å². The number of anilines is 1. The molecule has 4 N–H and O–H groups in total. The van der Waals surface area contributed by atoms with Crippen molar-refractivity contribution in [3.8, 4) is 0 Å². The maximum absolute atomic E-state index is 11.6. The van der Waals surface area contributed by atoms with Gasteiger partial charge in [-0.1, -0.05) is 13.8 Å². The quantitative estimate of drug-likeness (QED) is 0.658. The second kappa shape index (κ2) is 4.76. The SMILES string of the molecule is CC(C)C(CN)C(=O)Nc1ncc[nH]1. The zero-order chi connectivity index (χ0) is 10.6. The van der Waals surface area contributed by atoms with E-state index in [1.54, 1.807) is 12.4 Å². The molecule has 14 heavy (non-hydrogen) atoms. The van der Waals surface area contributed by atoms with Gasteiger partial charge >= 0.3 is 0 Å². The van der Waals surface area contributed by atoms with Crippen LogP contribution in [-0.2, 0) is 4.79 Å². The van der Waals surface area contributed by atoms with Gasteiger partial charge in [0.25, 0.3) is 0 Å². The third-order valence-electron chi connectivity index (χ3n) is 2.14. The standard InChI is InChI=1S/C9H16N4O/c1-6(2)7(5-10)8(14)13-9-11-3-4-12-9/h3-4,6-7H,5,10H2,1-2H3,(H2,11,12,13,14). The summed E-state index contributed by atoms with van der Waals surface area (Å²) in [5.41, 5.74) is 5.51. The van der Waals surface area contributed by atoms with Gasteiger partial charge < -0.3 is 10.7 Å². The predicted molar refractivity (Wildman–Crippen MR) is 54.6 cm³/mol. The molecule has 0 aliphatic carbocycles. The van der Waals surface area contributed by atoms with Crippen LogP contribution in [0, 0.1) is 11.8 Å². The summed E-state index contributed by atoms with van der Waals surface area (Å²) in [6, 6.07) is 0. The molecule has 1 rings (SSSR count). The van der Waals surface area contributed by atoms with Crippen molar-refractivity contribution in [1.82, 2.24) is 9.97 Å². The summed E-state index contributed by atoms with van der Waals surface area (Å²) >= 11 is 0. The van der Waals surface area contributed by atoms with E-state index in [-0.39, 0.29) is 17.7 Å². The van der Waals surface area contributed by atoms with Crippen LogP contribution in [0.15, 0.2) is 12.4 Å². The van der Waals surface area contributed by atoms with E-state index in [1.807, 2.05) is 13.8 Å². The molecule has 1 aromatic heterocycles. The van der Waals surface area contributed by atoms with Crippen molar-refractivity contribution >= 4 is 11.9 Å². The fourth-order valence-electron chi connectivity index (χ4n) is 1.22. The normalized spacial score (nSPS) is 12.9. The first-order chi connectivity index (χ1) is 6.65. The van der Waals surface area contributed by atoms with Gasteiger partial charge in [-0.3, -0.25) is 10.1 Å². The number of H-pyrrole nitrogens is 1. The molecule has 0 saturated carbocycles. The summed E-state index contributed by atoms with van der Waals surface area (Å²) in [4.78, 5) is 18.3. The zero-order valence-corrected chi connectivity index (χ0v) is 8.45. The topological polar surface area (TPSA) is 83.8 Å². The van der Waals surface area contributed by atoms with Crippen LogP contribution in [0.1, 0.15) is 13.8 Å². The molecule has 0 aliphatic rings. The van der Waals surface area contributed by atoms with Crippen LogP contribution in [0.3, 0.4) is 0 Å². The van der Waals surface area contributed by atoms with Gasteiger partial charge in [-0.25, -0.2) is 4.98 Å². The second-order valence-corrected chi connectivity index (χ2v) is 3.51. The Kier molecular flexibility index (Phi) is 3.64. The van der Waals surface area contributed by atoms with E-state index in [4.69, 9.17) is 5.73 Å². The summed E-state index contributed by atoms with van der Waals surface area (Å²) in [5, 5.41) is 2.67. The Hall–Kier alpha value is -1.36. The molecule has 0 fully saturated rings. The van der Waals surface area contributed by atoms with Crippen LogP contribution in [0.2, 0.25) is 0 Å². The van der Waals surface area contributed by atoms with E-state index in [0.717, 1.165) is 0 Å². The minimum absolute atomic E-state index is 0.0857. The number of nitrogens with zero attached hydrogens (tertiary/aromatic N) is 1. The number of imidazole rings is 1. The number of rotatable bonds is 4. The van der Waals surface area contributed by atoms with Crippen LogP contribution in [0.5, 0.6) is 0 Å². The van der Waals surface area contributed by atoms with Crippen molar-refractivity contribution in [3.05, 3.63) is 12.4 Å². The Labute approximate surface area is 83.1 Å². The molecule has 1 unspecified atom stereocenters. The smallest absolute Gasteiger partial charge is 0.231 e. The maximum Gasteiger partial charge on any atom is 0.231 e. The highest BCUT2D eigenvalue weighted by Crippen LogP contribution is 2.11. The Morgan fingerprint density at radius 2 is 2.43 bits per heavy atom. The van der Waals surface area contributed by atoms with Crippen LogP contribution in [-0.4, -0.2) is 22.4 Å².